The fourth-order valence-corrected chi connectivity index (χ4v) is 3.17. The molecule has 1 heterocycles. The molecule has 1 aliphatic rings. The van der Waals surface area contributed by atoms with Crippen molar-refractivity contribution in [3.8, 4) is 0 Å². The van der Waals surface area contributed by atoms with Crippen molar-refractivity contribution in [2.24, 2.45) is 10.6 Å². The molecule has 0 bridgehead atoms. The van der Waals surface area contributed by atoms with Gasteiger partial charge in [0.2, 0.25) is 10.0 Å². The van der Waals surface area contributed by atoms with Gasteiger partial charge < -0.3 is 4.57 Å². The molecule has 1 aliphatic carbocycles. The largest absolute Gasteiger partial charge is 0.347 e. The smallest absolute Gasteiger partial charge is 0.210 e. The molecule has 0 radical (unpaired) electrons. The van der Waals surface area contributed by atoms with E-state index >= 15 is 0 Å². The predicted octanol–water partition coefficient (Wildman–Crippen LogP) is 1.24. The third-order valence-electron chi connectivity index (χ3n) is 3.60. The Morgan fingerprint density at radius 1 is 1.37 bits per heavy atom. The van der Waals surface area contributed by atoms with E-state index in [0.717, 1.165) is 23.4 Å². The van der Waals surface area contributed by atoms with Gasteiger partial charge in [-0.15, -0.1) is 0 Å². The van der Waals surface area contributed by atoms with Gasteiger partial charge in [0.1, 0.15) is 0 Å². The summed E-state index contributed by atoms with van der Waals surface area (Å²) >= 11 is 0. The molecule has 6 heteroatoms. The molecule has 0 unspecified atom stereocenters. The number of primary sulfonamides is 1. The Kier molecular flexibility index (Phi) is 3.35. The maximum Gasteiger partial charge on any atom is 0.210 e. The van der Waals surface area contributed by atoms with Crippen molar-refractivity contribution in [1.82, 2.24) is 4.57 Å². The molecule has 0 amide bonds. The number of carbonyl (C=O) groups is 1. The number of carbonyl (C=O) groups excluding carboxylic acids is 1. The van der Waals surface area contributed by atoms with E-state index in [-0.39, 0.29) is 17.0 Å². The van der Waals surface area contributed by atoms with E-state index < -0.39 is 10.0 Å². The number of hydrogen-bond donors (Lipinski definition) is 1. The Balaban J connectivity index is 2.39. The van der Waals surface area contributed by atoms with Gasteiger partial charge in [0.25, 0.3) is 0 Å². The molecule has 0 saturated carbocycles. The molecule has 5 nitrogen and oxygen atoms in total. The van der Waals surface area contributed by atoms with Crippen LogP contribution in [-0.4, -0.2) is 24.5 Å². The standard InChI is InChI=1S/C13H20N2O3S/c1-9-6-10-11(7-13(2,3)8-12(10)16)15(9)4-5-19(14,17)18/h6H,4-5,7-8H2,1-3H3,(H2,14,17,18). The van der Waals surface area contributed by atoms with Crippen molar-refractivity contribution in [2.45, 2.75) is 40.2 Å². The maximum atomic E-state index is 12.1. The third kappa shape index (κ3) is 3.06. The van der Waals surface area contributed by atoms with Crippen molar-refractivity contribution in [3.63, 3.8) is 0 Å². The number of fused-ring (bicyclic) bond motifs is 1. The number of hydrogen-bond acceptors (Lipinski definition) is 3. The zero-order valence-corrected chi connectivity index (χ0v) is 12.4. The Morgan fingerprint density at radius 3 is 2.58 bits per heavy atom. The number of sulfonamides is 1. The zero-order valence-electron chi connectivity index (χ0n) is 11.6. The van der Waals surface area contributed by atoms with Gasteiger partial charge in [-0.25, -0.2) is 13.6 Å². The van der Waals surface area contributed by atoms with Gasteiger partial charge in [-0.2, -0.15) is 0 Å². The summed E-state index contributed by atoms with van der Waals surface area (Å²) in [5.41, 5.74) is 2.53. The van der Waals surface area contributed by atoms with E-state index in [1.54, 1.807) is 0 Å². The van der Waals surface area contributed by atoms with Crippen LogP contribution in [0.25, 0.3) is 0 Å². The van der Waals surface area contributed by atoms with Crippen LogP contribution < -0.4 is 5.14 Å². The van der Waals surface area contributed by atoms with E-state index in [0.29, 0.717) is 13.0 Å². The van der Waals surface area contributed by atoms with E-state index in [1.165, 1.54) is 0 Å². The third-order valence-corrected chi connectivity index (χ3v) is 4.35. The lowest BCUT2D eigenvalue weighted by molar-refractivity contribution is 0.0910. The molecule has 1 aromatic rings. The Labute approximate surface area is 113 Å². The Bertz CT molecular complexity index is 627. The first kappa shape index (κ1) is 14.3. The van der Waals surface area contributed by atoms with E-state index in [4.69, 9.17) is 5.14 Å². The van der Waals surface area contributed by atoms with Crippen molar-refractivity contribution in [2.75, 3.05) is 5.75 Å². The van der Waals surface area contributed by atoms with Crippen molar-refractivity contribution in [1.29, 1.82) is 0 Å². The zero-order chi connectivity index (χ0) is 14.4. The Hall–Kier alpha value is -1.14. The number of rotatable bonds is 3. The molecule has 2 N–H and O–H groups in total. The molecule has 0 spiro atoms. The number of Topliss-reactive ketones (excluding diaryl/α,β-unsaturated/α-hetero) is 1. The average Bonchev–Trinajstić information content (AvgIpc) is 2.49. The highest BCUT2D eigenvalue weighted by molar-refractivity contribution is 7.89. The van der Waals surface area contributed by atoms with Crippen LogP contribution in [0.1, 0.15) is 42.0 Å². The first-order valence-corrected chi connectivity index (χ1v) is 8.03. The van der Waals surface area contributed by atoms with Crippen molar-refractivity contribution < 1.29 is 13.2 Å². The second-order valence-electron chi connectivity index (χ2n) is 6.11. The highest BCUT2D eigenvalue weighted by atomic mass is 32.2. The molecule has 0 aliphatic heterocycles. The normalized spacial score (nSPS) is 18.4. The number of nitrogens with zero attached hydrogens (tertiary/aromatic N) is 1. The predicted molar refractivity (Wildman–Crippen MR) is 73.6 cm³/mol. The summed E-state index contributed by atoms with van der Waals surface area (Å²) in [5.74, 6) is 0.0348. The average molecular weight is 284 g/mol. The van der Waals surface area contributed by atoms with Crippen LogP contribution in [0.15, 0.2) is 6.07 Å². The van der Waals surface area contributed by atoms with Gasteiger partial charge in [-0.05, 0) is 24.8 Å². The lowest BCUT2D eigenvalue weighted by Crippen LogP contribution is -2.29. The molecule has 0 fully saturated rings. The van der Waals surface area contributed by atoms with Crippen LogP contribution >= 0.6 is 0 Å². The minimum Gasteiger partial charge on any atom is -0.347 e. The molecule has 1 aromatic heterocycles. The lowest BCUT2D eigenvalue weighted by atomic mass is 9.76. The molecule has 19 heavy (non-hydrogen) atoms. The van der Waals surface area contributed by atoms with E-state index in [9.17, 15) is 13.2 Å². The van der Waals surface area contributed by atoms with Gasteiger partial charge in [-0.1, -0.05) is 13.8 Å². The highest BCUT2D eigenvalue weighted by Crippen LogP contribution is 2.36. The van der Waals surface area contributed by atoms with Gasteiger partial charge >= 0.3 is 0 Å². The monoisotopic (exact) mass is 284 g/mol. The number of nitrogens with two attached hydrogens (primary N) is 1. The summed E-state index contributed by atoms with van der Waals surface area (Å²) in [6.07, 6.45) is 1.32. The molecule has 2 rings (SSSR count). The molecule has 0 atom stereocenters. The Morgan fingerprint density at radius 2 is 2.00 bits per heavy atom. The van der Waals surface area contributed by atoms with Gasteiger partial charge in [0, 0.05) is 29.9 Å². The summed E-state index contributed by atoms with van der Waals surface area (Å²) in [5, 5.41) is 5.05. The fraction of sp³-hybridized carbons (Fsp3) is 0.615. The van der Waals surface area contributed by atoms with E-state index in [2.05, 4.69) is 13.8 Å². The highest BCUT2D eigenvalue weighted by Gasteiger charge is 2.33. The molecular formula is C13H20N2O3S. The van der Waals surface area contributed by atoms with E-state index in [1.807, 2.05) is 17.6 Å². The summed E-state index contributed by atoms with van der Waals surface area (Å²) in [6.45, 7) is 6.31. The first-order valence-electron chi connectivity index (χ1n) is 6.32. The summed E-state index contributed by atoms with van der Waals surface area (Å²) < 4.78 is 24.1. The summed E-state index contributed by atoms with van der Waals surface area (Å²) in [4.78, 5) is 12.1. The number of ketones is 1. The van der Waals surface area contributed by atoms with Crippen LogP contribution in [-0.2, 0) is 23.0 Å². The SMILES string of the molecule is Cc1cc2c(n1CCS(N)(=O)=O)CC(C)(C)CC2=O. The first-order chi connectivity index (χ1) is 8.59. The second-order valence-corrected chi connectivity index (χ2v) is 7.84. The second kappa shape index (κ2) is 4.45. The summed E-state index contributed by atoms with van der Waals surface area (Å²) in [7, 11) is -3.49. The van der Waals surface area contributed by atoms with Crippen LogP contribution in [0.3, 0.4) is 0 Å². The van der Waals surface area contributed by atoms with Crippen LogP contribution in [0.2, 0.25) is 0 Å². The molecule has 0 aromatic carbocycles. The minimum absolute atomic E-state index is 0.0752. The molecule has 106 valence electrons. The van der Waals surface area contributed by atoms with Crippen LogP contribution in [0, 0.1) is 12.3 Å². The van der Waals surface area contributed by atoms with Crippen LogP contribution in [0.5, 0.6) is 0 Å². The van der Waals surface area contributed by atoms with Crippen LogP contribution in [0.4, 0.5) is 0 Å². The molecule has 0 saturated heterocycles. The topological polar surface area (TPSA) is 82.2 Å². The summed E-state index contributed by atoms with van der Waals surface area (Å²) in [6, 6.07) is 1.86. The van der Waals surface area contributed by atoms with Gasteiger partial charge in [0.05, 0.1) is 5.75 Å². The maximum absolute atomic E-state index is 12.1. The fourth-order valence-electron chi connectivity index (χ4n) is 2.74. The lowest BCUT2D eigenvalue weighted by Gasteiger charge is -2.29. The van der Waals surface area contributed by atoms with Gasteiger partial charge in [-0.3, -0.25) is 4.79 Å². The number of aryl methyl sites for hydroxylation is 1. The van der Waals surface area contributed by atoms with Gasteiger partial charge in [0.15, 0.2) is 5.78 Å². The minimum atomic E-state index is -3.49. The molecular weight excluding hydrogens is 264 g/mol. The number of aromatic nitrogens is 1. The van der Waals surface area contributed by atoms with Crippen molar-refractivity contribution in [3.05, 3.63) is 23.0 Å². The quantitative estimate of drug-likeness (QED) is 0.906. The van der Waals surface area contributed by atoms with Crippen molar-refractivity contribution >= 4 is 15.8 Å².